The summed E-state index contributed by atoms with van der Waals surface area (Å²) in [5.41, 5.74) is 0. The molecular weight excluding hydrogens is 1070 g/mol. The summed E-state index contributed by atoms with van der Waals surface area (Å²) >= 11 is 0. The van der Waals surface area contributed by atoms with Crippen molar-refractivity contribution in [1.29, 1.82) is 0 Å². The third-order valence-corrected chi connectivity index (χ3v) is 6.62. The van der Waals surface area contributed by atoms with Gasteiger partial charge in [0.05, 0.1) is 51.2 Å². The summed E-state index contributed by atoms with van der Waals surface area (Å²) in [6.45, 7) is -5.70. The van der Waals surface area contributed by atoms with Crippen LogP contribution in [-0.4, -0.2) is 248 Å². The predicted octanol–water partition coefficient (Wildman–Crippen LogP) is -10.9. The Bertz CT molecular complexity index is 1100. The van der Waals surface area contributed by atoms with Crippen LogP contribution in [0.1, 0.15) is 0 Å². The molecule has 328 valence electrons. The average Bonchev–Trinajstić information content (AvgIpc) is 2.97. The van der Waals surface area contributed by atoms with E-state index in [1.54, 1.807) is 0 Å². The van der Waals surface area contributed by atoms with E-state index in [0.717, 1.165) is 19.6 Å². The van der Waals surface area contributed by atoms with Crippen LogP contribution in [0.25, 0.3) is 0 Å². The third-order valence-electron chi connectivity index (χ3n) is 6.62. The van der Waals surface area contributed by atoms with Gasteiger partial charge in [0.1, 0.15) is 0 Å². The van der Waals surface area contributed by atoms with Gasteiger partial charge in [0.2, 0.25) is 0 Å². The van der Waals surface area contributed by atoms with Crippen molar-refractivity contribution in [3.8, 4) is 0 Å². The Hall–Kier alpha value is -2.12. The number of aliphatic hydroxyl groups is 2. The minimum absolute atomic E-state index is 0. The van der Waals surface area contributed by atoms with Gasteiger partial charge in [-0.05, 0) is 12.6 Å². The molecular formula is C28H46Ho2N6O20+2. The quantitative estimate of drug-likeness (QED) is 0.0229. The molecule has 0 radical (unpaired) electrons. The normalized spacial score (nSPS) is 12.0. The Kier molecular flexibility index (Phi) is 37.7. The van der Waals surface area contributed by atoms with Gasteiger partial charge >= 0.3 is 111 Å². The van der Waals surface area contributed by atoms with E-state index in [9.17, 15) is 58.8 Å². The van der Waals surface area contributed by atoms with Crippen LogP contribution in [0.2, 0.25) is 0 Å². The summed E-state index contributed by atoms with van der Waals surface area (Å²) < 4.78 is 0. The number of carbonyl (C=O) groups excluding carboxylic acids is 2. The van der Waals surface area contributed by atoms with Crippen molar-refractivity contribution in [2.45, 2.75) is 12.6 Å². The van der Waals surface area contributed by atoms with Gasteiger partial charge < -0.3 is 70.9 Å². The van der Waals surface area contributed by atoms with E-state index in [2.05, 4.69) is 0 Å². The molecule has 0 aromatic heterocycles. The zero-order valence-electron chi connectivity index (χ0n) is 29.6. The van der Waals surface area contributed by atoms with E-state index >= 15 is 0 Å². The number of carboxylic acids is 8. The molecule has 0 saturated heterocycles. The number of hydrogen-bond donors (Lipinski definition) is 8. The molecule has 0 bridgehead atoms. The fraction of sp³-hybridized carbons (Fsp3) is 0.714. The number of aliphatic carboxylic acids is 8. The molecule has 0 rings (SSSR count). The first kappa shape index (κ1) is 60.6. The molecule has 2 unspecified atom stereocenters. The maximum atomic E-state index is 11.0. The maximum Gasteiger partial charge on any atom is 3.00 e. The summed E-state index contributed by atoms with van der Waals surface area (Å²) in [4.78, 5) is 93.4. The third kappa shape index (κ3) is 40.1. The molecule has 0 aliphatic carbocycles. The monoisotopic (exact) mass is 1120 g/mol. The van der Waals surface area contributed by atoms with Crippen LogP contribution in [0, 0.1) is 75.5 Å². The Labute approximate surface area is 379 Å². The number of rotatable bonds is 32. The van der Waals surface area contributed by atoms with Crippen molar-refractivity contribution in [2.24, 2.45) is 0 Å². The molecule has 26 nitrogen and oxygen atoms in total. The summed E-state index contributed by atoms with van der Waals surface area (Å²) in [5.74, 6) is -10.3. The van der Waals surface area contributed by atoms with E-state index in [4.69, 9.17) is 40.9 Å². The minimum atomic E-state index is -2.04. The summed E-state index contributed by atoms with van der Waals surface area (Å²) in [7, 11) is 0. The van der Waals surface area contributed by atoms with Crippen LogP contribution in [0.15, 0.2) is 0 Å². The van der Waals surface area contributed by atoms with E-state index in [-0.39, 0.29) is 128 Å². The van der Waals surface area contributed by atoms with Gasteiger partial charge in [0.25, 0.3) is 0 Å². The van der Waals surface area contributed by atoms with Crippen molar-refractivity contribution < 1.29 is 175 Å². The molecule has 0 amide bonds. The number of carbonyl (C=O) groups is 8. The molecule has 0 spiro atoms. The topological polar surface area (TPSA) is 410 Å². The first-order valence-corrected chi connectivity index (χ1v) is 15.7. The van der Waals surface area contributed by atoms with Crippen LogP contribution in [0.5, 0.6) is 0 Å². The molecule has 0 saturated carbocycles. The molecule has 0 heterocycles. The van der Waals surface area contributed by atoms with Crippen molar-refractivity contribution in [3.63, 3.8) is 0 Å². The van der Waals surface area contributed by atoms with E-state index in [1.165, 1.54) is 9.80 Å². The average molecular weight is 1120 g/mol. The Morgan fingerprint density at radius 3 is 0.714 bits per heavy atom. The molecule has 56 heavy (non-hydrogen) atoms. The molecule has 0 aliphatic rings. The largest absolute Gasteiger partial charge is 3.00 e. The first-order valence-electron chi connectivity index (χ1n) is 15.7. The molecule has 0 aliphatic heterocycles. The van der Waals surface area contributed by atoms with E-state index in [1.807, 2.05) is 0 Å². The van der Waals surface area contributed by atoms with Gasteiger partial charge in [-0.1, -0.05) is 0 Å². The second-order valence-electron chi connectivity index (χ2n) is 11.5. The van der Waals surface area contributed by atoms with Gasteiger partial charge in [-0.2, -0.15) is 0 Å². The van der Waals surface area contributed by atoms with Crippen molar-refractivity contribution in [1.82, 2.24) is 29.4 Å². The van der Waals surface area contributed by atoms with Crippen molar-refractivity contribution in [2.75, 3.05) is 118 Å². The van der Waals surface area contributed by atoms with Crippen LogP contribution in [0.4, 0.5) is 0 Å². The second-order valence-corrected chi connectivity index (χ2v) is 11.5. The molecule has 0 aromatic rings. The van der Waals surface area contributed by atoms with Crippen LogP contribution in [0.3, 0.4) is 0 Å². The fourth-order valence-electron chi connectivity index (χ4n) is 4.52. The van der Waals surface area contributed by atoms with Crippen molar-refractivity contribution >= 4 is 47.8 Å². The molecule has 0 fully saturated rings. The smallest absolute Gasteiger partial charge is 0.830 e. The van der Waals surface area contributed by atoms with Crippen LogP contribution in [-0.2, 0) is 38.4 Å². The summed E-state index contributed by atoms with van der Waals surface area (Å²) in [6.07, 6.45) is -4.09. The summed E-state index contributed by atoms with van der Waals surface area (Å²) in [6, 6.07) is 0. The molecule has 8 N–H and O–H groups in total. The SMILES string of the molecule is O=C([O-])CN(CCN(CCN(CC(=O)O)CC(=O)O)CC(=O)O)CC([O-])O.O=C([O-])CN(CCN(CCN(CC(=O)O)CC(=O)O)CC(=O)O)CC([O-])O.[Ho+3].[Ho+3]. The minimum Gasteiger partial charge on any atom is -0.830 e. The number of hydrogen-bond acceptors (Lipinski definition) is 20. The predicted molar refractivity (Wildman–Crippen MR) is 166 cm³/mol. The zero-order chi connectivity index (χ0) is 42.0. The van der Waals surface area contributed by atoms with Crippen LogP contribution < -0.4 is 20.4 Å². The zero-order valence-corrected chi connectivity index (χ0v) is 33.5. The number of aliphatic hydroxyl groups excluding tert-OH is 2. The Balaban J connectivity index is -0.000000466. The Morgan fingerprint density at radius 2 is 0.536 bits per heavy atom. The number of nitrogens with zero attached hydrogens (tertiary/aromatic N) is 6. The number of carboxylic acid groups (broad SMARTS) is 8. The summed E-state index contributed by atoms with van der Waals surface area (Å²) in [5, 5.41) is 114. The second kappa shape index (κ2) is 34.9. The van der Waals surface area contributed by atoms with Crippen molar-refractivity contribution in [3.05, 3.63) is 0 Å². The van der Waals surface area contributed by atoms with Crippen LogP contribution >= 0.6 is 0 Å². The van der Waals surface area contributed by atoms with Gasteiger partial charge in [-0.15, -0.1) is 0 Å². The van der Waals surface area contributed by atoms with Gasteiger partial charge in [-0.25, -0.2) is 0 Å². The molecule has 0 aromatic carbocycles. The van der Waals surface area contributed by atoms with E-state index < -0.39 is 126 Å². The van der Waals surface area contributed by atoms with Gasteiger partial charge in [0.15, 0.2) is 0 Å². The van der Waals surface area contributed by atoms with Gasteiger partial charge in [0, 0.05) is 78.5 Å². The van der Waals surface area contributed by atoms with E-state index in [0.29, 0.717) is 0 Å². The van der Waals surface area contributed by atoms with Gasteiger partial charge in [-0.3, -0.25) is 58.2 Å². The fourth-order valence-corrected chi connectivity index (χ4v) is 4.52. The Morgan fingerprint density at radius 1 is 0.357 bits per heavy atom. The molecule has 2 atom stereocenters. The maximum absolute atomic E-state index is 11.0. The first-order chi connectivity index (χ1) is 25.0. The standard InChI is InChI=1S/2C14H24N3O10.2Ho/c2*18-10(19)5-15(1-3-16(6-11(20)21)7-12(22)23)2-4-17(8-13(24)25)9-14(26)27;;/h2*11,20H,1-9H2,(H,18,19)(H,22,23)(H,24,25)(H,26,27);;/q2*-1;2*+3/p-2. The molecule has 28 heteroatoms.